The van der Waals surface area contributed by atoms with E-state index in [0.29, 0.717) is 24.1 Å². The number of aromatic amines is 1. The zero-order valence-corrected chi connectivity index (χ0v) is 12.8. The van der Waals surface area contributed by atoms with Crippen LogP contribution < -0.4 is 4.90 Å². The number of nitrogens with one attached hydrogen (secondary N) is 1. The molecule has 1 aliphatic heterocycles. The monoisotopic (exact) mass is 318 g/mol. The van der Waals surface area contributed by atoms with Gasteiger partial charge in [-0.1, -0.05) is 11.6 Å². The van der Waals surface area contributed by atoms with Gasteiger partial charge in [-0.2, -0.15) is 5.10 Å². The number of halogens is 1. The van der Waals surface area contributed by atoms with Gasteiger partial charge in [0.2, 0.25) is 0 Å². The minimum absolute atomic E-state index is 0.258. The van der Waals surface area contributed by atoms with Crippen LogP contribution in [0.1, 0.15) is 6.92 Å². The molecule has 1 saturated heterocycles. The van der Waals surface area contributed by atoms with Gasteiger partial charge in [-0.3, -0.25) is 5.10 Å². The quantitative estimate of drug-likeness (QED) is 0.782. The molecule has 1 unspecified atom stereocenters. The lowest BCUT2D eigenvalue weighted by Gasteiger charge is -2.34. The predicted molar refractivity (Wildman–Crippen MR) is 83.2 cm³/mol. The molecule has 8 heteroatoms. The molecule has 0 aliphatic carbocycles. The summed E-state index contributed by atoms with van der Waals surface area (Å²) in [4.78, 5) is 6.61. The molecule has 114 valence electrons. The topological polar surface area (TPSA) is 71.3 Å². The van der Waals surface area contributed by atoms with Crippen molar-refractivity contribution in [2.45, 2.75) is 13.0 Å². The van der Waals surface area contributed by atoms with Crippen molar-refractivity contribution in [3.63, 3.8) is 0 Å². The minimum Gasteiger partial charge on any atom is -0.377 e. The van der Waals surface area contributed by atoms with E-state index in [1.54, 1.807) is 16.9 Å². The van der Waals surface area contributed by atoms with Gasteiger partial charge in [0.15, 0.2) is 11.6 Å². The number of imidazole rings is 1. The van der Waals surface area contributed by atoms with E-state index in [9.17, 15) is 0 Å². The summed E-state index contributed by atoms with van der Waals surface area (Å²) in [5.41, 5.74) is 1.58. The largest absolute Gasteiger partial charge is 0.377 e. The molecule has 1 atom stereocenters. The highest BCUT2D eigenvalue weighted by molar-refractivity contribution is 6.34. The second kappa shape index (κ2) is 5.26. The molecule has 0 radical (unpaired) electrons. The van der Waals surface area contributed by atoms with E-state index in [4.69, 9.17) is 21.4 Å². The molecule has 1 fully saturated rings. The summed E-state index contributed by atoms with van der Waals surface area (Å²) in [6.07, 6.45) is 3.41. The third kappa shape index (κ3) is 2.13. The summed E-state index contributed by atoms with van der Waals surface area (Å²) >= 11 is 6.42. The molecule has 4 heterocycles. The van der Waals surface area contributed by atoms with E-state index in [1.165, 1.54) is 0 Å². The summed E-state index contributed by atoms with van der Waals surface area (Å²) in [6.45, 7) is 4.29. The standard InChI is InChI=1S/C14H15ClN6O/c1-9-8-22-5-4-20(9)13-6-10(15)12-7-16-14(21(12)19-13)11-2-3-17-18-11/h2-3,6-7,9H,4-5,8H2,1H3,(H,17,18). The molecular formula is C14H15ClN6O. The van der Waals surface area contributed by atoms with E-state index in [0.717, 1.165) is 23.6 Å². The number of rotatable bonds is 2. The number of fused-ring (bicyclic) bond motifs is 1. The number of ether oxygens (including phenoxy) is 1. The maximum absolute atomic E-state index is 6.42. The summed E-state index contributed by atoms with van der Waals surface area (Å²) in [6, 6.07) is 4.00. The maximum Gasteiger partial charge on any atom is 0.179 e. The number of H-pyrrole nitrogens is 1. The van der Waals surface area contributed by atoms with Gasteiger partial charge in [-0.25, -0.2) is 9.50 Å². The Morgan fingerprint density at radius 3 is 3.14 bits per heavy atom. The molecule has 7 nitrogen and oxygen atoms in total. The fourth-order valence-corrected chi connectivity index (χ4v) is 2.93. The molecular weight excluding hydrogens is 304 g/mol. The molecule has 3 aromatic heterocycles. The van der Waals surface area contributed by atoms with Crippen molar-refractivity contribution in [1.82, 2.24) is 24.8 Å². The number of hydrogen-bond acceptors (Lipinski definition) is 5. The van der Waals surface area contributed by atoms with E-state index < -0.39 is 0 Å². The smallest absolute Gasteiger partial charge is 0.179 e. The first-order valence-corrected chi connectivity index (χ1v) is 7.50. The van der Waals surface area contributed by atoms with Crippen molar-refractivity contribution >= 4 is 22.9 Å². The summed E-state index contributed by atoms with van der Waals surface area (Å²) in [5.74, 6) is 1.52. The predicted octanol–water partition coefficient (Wildman–Crippen LogP) is 2.00. The number of morpholine rings is 1. The zero-order valence-electron chi connectivity index (χ0n) is 12.0. The molecule has 1 aliphatic rings. The highest BCUT2D eigenvalue weighted by Crippen LogP contribution is 2.27. The molecule has 0 amide bonds. The highest BCUT2D eigenvalue weighted by atomic mass is 35.5. The lowest BCUT2D eigenvalue weighted by molar-refractivity contribution is 0.0984. The number of aromatic nitrogens is 5. The first kappa shape index (κ1) is 13.5. The highest BCUT2D eigenvalue weighted by Gasteiger charge is 2.22. The van der Waals surface area contributed by atoms with Crippen LogP contribution >= 0.6 is 11.6 Å². The van der Waals surface area contributed by atoms with Crippen molar-refractivity contribution < 1.29 is 4.74 Å². The molecule has 3 aromatic rings. The third-order valence-electron chi connectivity index (χ3n) is 3.84. The van der Waals surface area contributed by atoms with Crippen LogP contribution in [-0.4, -0.2) is 50.6 Å². The number of hydrogen-bond donors (Lipinski definition) is 1. The van der Waals surface area contributed by atoms with Crippen LogP contribution in [0.2, 0.25) is 5.02 Å². The van der Waals surface area contributed by atoms with Gasteiger partial charge >= 0.3 is 0 Å². The first-order valence-electron chi connectivity index (χ1n) is 7.12. The minimum atomic E-state index is 0.258. The van der Waals surface area contributed by atoms with Crippen LogP contribution in [0.5, 0.6) is 0 Å². The zero-order chi connectivity index (χ0) is 15.1. The van der Waals surface area contributed by atoms with Crippen molar-refractivity contribution in [2.24, 2.45) is 0 Å². The summed E-state index contributed by atoms with van der Waals surface area (Å²) in [5, 5.41) is 12.2. The Bertz CT molecular complexity index is 799. The van der Waals surface area contributed by atoms with Crippen LogP contribution in [-0.2, 0) is 4.74 Å². The Labute approximate surface area is 131 Å². The van der Waals surface area contributed by atoms with Crippen LogP contribution in [0, 0.1) is 0 Å². The summed E-state index contributed by atoms with van der Waals surface area (Å²) < 4.78 is 7.24. The molecule has 4 rings (SSSR count). The summed E-state index contributed by atoms with van der Waals surface area (Å²) in [7, 11) is 0. The van der Waals surface area contributed by atoms with Gasteiger partial charge in [0.1, 0.15) is 11.2 Å². The Morgan fingerprint density at radius 1 is 1.45 bits per heavy atom. The molecule has 22 heavy (non-hydrogen) atoms. The Balaban J connectivity index is 1.85. The van der Waals surface area contributed by atoms with Gasteiger partial charge < -0.3 is 9.64 Å². The van der Waals surface area contributed by atoms with Crippen LogP contribution in [0.3, 0.4) is 0 Å². The third-order valence-corrected chi connectivity index (χ3v) is 4.15. The average molecular weight is 319 g/mol. The van der Waals surface area contributed by atoms with E-state index in [2.05, 4.69) is 27.0 Å². The lowest BCUT2D eigenvalue weighted by atomic mass is 10.2. The molecule has 0 bridgehead atoms. The fourth-order valence-electron chi connectivity index (χ4n) is 2.70. The SMILES string of the molecule is CC1COCCN1c1cc(Cl)c2cnc(-c3ccn[nH]3)n2n1. The average Bonchev–Trinajstić information content (AvgIpc) is 3.16. The van der Waals surface area contributed by atoms with E-state index in [1.807, 2.05) is 12.1 Å². The second-order valence-corrected chi connectivity index (χ2v) is 5.72. The van der Waals surface area contributed by atoms with E-state index >= 15 is 0 Å². The fraction of sp³-hybridized carbons (Fsp3) is 0.357. The van der Waals surface area contributed by atoms with Crippen molar-refractivity contribution in [1.29, 1.82) is 0 Å². The van der Waals surface area contributed by atoms with Crippen molar-refractivity contribution in [3.8, 4) is 11.5 Å². The molecule has 0 aromatic carbocycles. The maximum atomic E-state index is 6.42. The molecule has 1 N–H and O–H groups in total. The van der Waals surface area contributed by atoms with Crippen molar-refractivity contribution in [2.75, 3.05) is 24.7 Å². The van der Waals surface area contributed by atoms with Gasteiger partial charge in [0, 0.05) is 18.8 Å². The van der Waals surface area contributed by atoms with Gasteiger partial charge in [-0.15, -0.1) is 5.10 Å². The van der Waals surface area contributed by atoms with Gasteiger partial charge in [0.25, 0.3) is 0 Å². The number of nitrogens with zero attached hydrogens (tertiary/aromatic N) is 5. The Kier molecular flexibility index (Phi) is 3.24. The van der Waals surface area contributed by atoms with Gasteiger partial charge in [0.05, 0.1) is 30.5 Å². The molecule has 0 saturated carbocycles. The van der Waals surface area contributed by atoms with E-state index in [-0.39, 0.29) is 6.04 Å². The van der Waals surface area contributed by atoms with Gasteiger partial charge in [-0.05, 0) is 13.0 Å². The lowest BCUT2D eigenvalue weighted by Crippen LogP contribution is -2.44. The number of anilines is 1. The van der Waals surface area contributed by atoms with Crippen LogP contribution in [0.25, 0.3) is 17.0 Å². The second-order valence-electron chi connectivity index (χ2n) is 5.32. The van der Waals surface area contributed by atoms with Crippen LogP contribution in [0.15, 0.2) is 24.5 Å². The molecule has 0 spiro atoms. The van der Waals surface area contributed by atoms with Crippen molar-refractivity contribution in [3.05, 3.63) is 29.5 Å². The Morgan fingerprint density at radius 2 is 2.36 bits per heavy atom. The first-order chi connectivity index (χ1) is 10.7. The Hall–Kier alpha value is -2.12. The normalized spacial score (nSPS) is 19.0. The van der Waals surface area contributed by atoms with Crippen LogP contribution in [0.4, 0.5) is 5.82 Å².